The Morgan fingerprint density at radius 1 is 1.40 bits per heavy atom. The van der Waals surface area contributed by atoms with Gasteiger partial charge in [0.2, 0.25) is 0 Å². The number of thiophene rings is 1. The highest BCUT2D eigenvalue weighted by Crippen LogP contribution is 2.22. The summed E-state index contributed by atoms with van der Waals surface area (Å²) in [6.07, 6.45) is 2.69. The minimum Gasteiger partial charge on any atom is -0.481 e. The maximum atomic E-state index is 12.0. The average Bonchev–Trinajstić information content (AvgIpc) is 2.92. The molecule has 6 nitrogen and oxygen atoms in total. The normalized spacial score (nSPS) is 11.8. The highest BCUT2D eigenvalue weighted by molar-refractivity contribution is 7.10. The largest absolute Gasteiger partial charge is 0.481 e. The van der Waals surface area contributed by atoms with Crippen molar-refractivity contribution in [2.24, 2.45) is 0 Å². The quantitative estimate of drug-likeness (QED) is 0.876. The minimum absolute atomic E-state index is 0.169. The molecule has 0 saturated carbocycles. The summed E-state index contributed by atoms with van der Waals surface area (Å²) in [5, 5.41) is 13.4. The van der Waals surface area contributed by atoms with Crippen LogP contribution in [0, 0.1) is 6.92 Å². The summed E-state index contributed by atoms with van der Waals surface area (Å²) in [6.45, 7) is 1.77. The van der Waals surface area contributed by atoms with E-state index in [1.54, 1.807) is 13.0 Å². The molecule has 104 valence electrons. The molecular formula is C13H13N3O3S. The Morgan fingerprint density at radius 2 is 2.20 bits per heavy atom. The van der Waals surface area contributed by atoms with Crippen molar-refractivity contribution < 1.29 is 14.7 Å². The van der Waals surface area contributed by atoms with Crippen LogP contribution in [0.1, 0.15) is 33.5 Å². The summed E-state index contributed by atoms with van der Waals surface area (Å²) in [7, 11) is 0. The number of rotatable bonds is 5. The van der Waals surface area contributed by atoms with Gasteiger partial charge in [0.05, 0.1) is 24.4 Å². The topological polar surface area (TPSA) is 92.2 Å². The van der Waals surface area contributed by atoms with Crippen molar-refractivity contribution >= 4 is 23.2 Å². The van der Waals surface area contributed by atoms with Gasteiger partial charge in [0, 0.05) is 11.1 Å². The number of hydrogen-bond donors (Lipinski definition) is 2. The highest BCUT2D eigenvalue weighted by atomic mass is 32.1. The lowest BCUT2D eigenvalue weighted by Crippen LogP contribution is -2.30. The molecule has 2 aromatic rings. The van der Waals surface area contributed by atoms with Gasteiger partial charge in [-0.25, -0.2) is 4.98 Å². The third-order valence-corrected chi connectivity index (χ3v) is 3.57. The molecule has 2 heterocycles. The van der Waals surface area contributed by atoms with Crippen LogP contribution in [0.3, 0.4) is 0 Å². The smallest absolute Gasteiger partial charge is 0.305 e. The van der Waals surface area contributed by atoms with Gasteiger partial charge in [-0.05, 0) is 18.4 Å². The van der Waals surface area contributed by atoms with Crippen LogP contribution in [0.25, 0.3) is 0 Å². The van der Waals surface area contributed by atoms with Gasteiger partial charge in [0.25, 0.3) is 5.91 Å². The zero-order chi connectivity index (χ0) is 14.5. The van der Waals surface area contributed by atoms with Gasteiger partial charge >= 0.3 is 5.97 Å². The summed E-state index contributed by atoms with van der Waals surface area (Å²) >= 11 is 1.40. The fourth-order valence-corrected chi connectivity index (χ4v) is 2.41. The van der Waals surface area contributed by atoms with Gasteiger partial charge in [0.15, 0.2) is 0 Å². The molecule has 0 aliphatic heterocycles. The maximum absolute atomic E-state index is 12.0. The van der Waals surface area contributed by atoms with E-state index in [0.29, 0.717) is 5.69 Å². The third-order valence-electron chi connectivity index (χ3n) is 2.58. The molecule has 1 amide bonds. The predicted octanol–water partition coefficient (Wildman–Crippen LogP) is 1.79. The number of amides is 1. The fourth-order valence-electron chi connectivity index (χ4n) is 1.63. The second kappa shape index (κ2) is 6.25. The van der Waals surface area contributed by atoms with Crippen molar-refractivity contribution in [2.75, 3.05) is 0 Å². The van der Waals surface area contributed by atoms with E-state index >= 15 is 0 Å². The average molecular weight is 291 g/mol. The van der Waals surface area contributed by atoms with Gasteiger partial charge in [-0.1, -0.05) is 6.07 Å². The Balaban J connectivity index is 2.13. The van der Waals surface area contributed by atoms with Crippen LogP contribution < -0.4 is 5.32 Å². The van der Waals surface area contributed by atoms with E-state index in [9.17, 15) is 9.59 Å². The third kappa shape index (κ3) is 3.61. The molecule has 7 heteroatoms. The molecule has 2 aromatic heterocycles. The molecule has 0 aromatic carbocycles. The molecule has 20 heavy (non-hydrogen) atoms. The van der Waals surface area contributed by atoms with Gasteiger partial charge in [-0.2, -0.15) is 0 Å². The first kappa shape index (κ1) is 14.1. The van der Waals surface area contributed by atoms with E-state index in [-0.39, 0.29) is 12.1 Å². The number of carbonyl (C=O) groups is 2. The Kier molecular flexibility index (Phi) is 4.41. The second-order valence-corrected chi connectivity index (χ2v) is 5.16. The van der Waals surface area contributed by atoms with Crippen molar-refractivity contribution in [3.05, 3.63) is 46.2 Å². The number of carboxylic acid groups (broad SMARTS) is 1. The summed E-state index contributed by atoms with van der Waals surface area (Å²) in [4.78, 5) is 31.7. The molecule has 0 fully saturated rings. The Hall–Kier alpha value is -2.28. The molecule has 1 unspecified atom stereocenters. The van der Waals surface area contributed by atoms with Crippen LogP contribution in [0.2, 0.25) is 0 Å². The number of aliphatic carboxylic acids is 1. The first-order valence-electron chi connectivity index (χ1n) is 5.91. The molecular weight excluding hydrogens is 278 g/mol. The van der Waals surface area contributed by atoms with Crippen LogP contribution in [-0.4, -0.2) is 27.0 Å². The van der Waals surface area contributed by atoms with Crippen LogP contribution in [-0.2, 0) is 4.79 Å². The summed E-state index contributed by atoms with van der Waals surface area (Å²) in [5.41, 5.74) is 0.879. The molecule has 0 aliphatic rings. The SMILES string of the molecule is Cc1cnc(C(=O)NC(CC(=O)O)c2cccs2)cn1. The lowest BCUT2D eigenvalue weighted by molar-refractivity contribution is -0.137. The van der Waals surface area contributed by atoms with Crippen molar-refractivity contribution in [3.63, 3.8) is 0 Å². The summed E-state index contributed by atoms with van der Waals surface area (Å²) in [6, 6.07) is 3.04. The number of nitrogens with one attached hydrogen (secondary N) is 1. The van der Waals surface area contributed by atoms with E-state index < -0.39 is 17.9 Å². The van der Waals surface area contributed by atoms with Gasteiger partial charge < -0.3 is 10.4 Å². The highest BCUT2D eigenvalue weighted by Gasteiger charge is 2.20. The number of aryl methyl sites for hydroxylation is 1. The molecule has 0 spiro atoms. The monoisotopic (exact) mass is 291 g/mol. The van der Waals surface area contributed by atoms with E-state index in [1.807, 2.05) is 11.4 Å². The van der Waals surface area contributed by atoms with E-state index in [0.717, 1.165) is 4.88 Å². The molecule has 0 aliphatic carbocycles. The number of hydrogen-bond acceptors (Lipinski definition) is 5. The maximum Gasteiger partial charge on any atom is 0.305 e. The van der Waals surface area contributed by atoms with Crippen molar-refractivity contribution in [3.8, 4) is 0 Å². The lowest BCUT2D eigenvalue weighted by Gasteiger charge is -2.15. The lowest BCUT2D eigenvalue weighted by atomic mass is 10.1. The summed E-state index contributed by atoms with van der Waals surface area (Å²) in [5.74, 6) is -1.41. The van der Waals surface area contributed by atoms with Crippen LogP contribution >= 0.6 is 11.3 Å². The van der Waals surface area contributed by atoms with Crippen LogP contribution in [0.4, 0.5) is 0 Å². The fraction of sp³-hybridized carbons (Fsp3) is 0.231. The molecule has 1 atom stereocenters. The number of nitrogens with zero attached hydrogens (tertiary/aromatic N) is 2. The van der Waals surface area contributed by atoms with E-state index in [1.165, 1.54) is 23.7 Å². The van der Waals surface area contributed by atoms with Gasteiger partial charge in [-0.15, -0.1) is 11.3 Å². The Labute approximate surface area is 119 Å². The Bertz CT molecular complexity index is 596. The Morgan fingerprint density at radius 3 is 2.75 bits per heavy atom. The van der Waals surface area contributed by atoms with Crippen molar-refractivity contribution in [1.82, 2.24) is 15.3 Å². The summed E-state index contributed by atoms with van der Waals surface area (Å²) < 4.78 is 0. The van der Waals surface area contributed by atoms with Gasteiger partial charge in [0.1, 0.15) is 5.69 Å². The van der Waals surface area contributed by atoms with Crippen LogP contribution in [0.15, 0.2) is 29.9 Å². The van der Waals surface area contributed by atoms with E-state index in [4.69, 9.17) is 5.11 Å². The zero-order valence-corrected chi connectivity index (χ0v) is 11.6. The molecule has 0 radical (unpaired) electrons. The van der Waals surface area contributed by atoms with E-state index in [2.05, 4.69) is 15.3 Å². The first-order valence-corrected chi connectivity index (χ1v) is 6.79. The standard InChI is InChI=1S/C13H13N3O3S/c1-8-6-15-10(7-14-8)13(19)16-9(5-12(17)18)11-3-2-4-20-11/h2-4,6-7,9H,5H2,1H3,(H,16,19)(H,17,18). The molecule has 2 rings (SSSR count). The first-order chi connectivity index (χ1) is 9.56. The van der Waals surface area contributed by atoms with Crippen molar-refractivity contribution in [2.45, 2.75) is 19.4 Å². The zero-order valence-electron chi connectivity index (χ0n) is 10.7. The van der Waals surface area contributed by atoms with Gasteiger partial charge in [-0.3, -0.25) is 14.6 Å². The van der Waals surface area contributed by atoms with Crippen LogP contribution in [0.5, 0.6) is 0 Å². The predicted molar refractivity (Wildman–Crippen MR) is 73.5 cm³/mol. The second-order valence-electron chi connectivity index (χ2n) is 4.18. The number of aromatic nitrogens is 2. The number of carbonyl (C=O) groups excluding carboxylic acids is 1. The molecule has 2 N–H and O–H groups in total. The van der Waals surface area contributed by atoms with Crippen molar-refractivity contribution in [1.29, 1.82) is 0 Å². The minimum atomic E-state index is -0.973. The molecule has 0 bridgehead atoms. The molecule has 0 saturated heterocycles. The number of carboxylic acids is 1.